The van der Waals surface area contributed by atoms with E-state index in [1.54, 1.807) is 11.0 Å². The molecule has 2 heterocycles. The van der Waals surface area contributed by atoms with Crippen molar-refractivity contribution in [2.24, 2.45) is 0 Å². The highest BCUT2D eigenvalue weighted by Gasteiger charge is 2.31. The molecule has 4 rings (SSSR count). The lowest BCUT2D eigenvalue weighted by Crippen LogP contribution is -2.50. The van der Waals surface area contributed by atoms with E-state index in [-0.39, 0.29) is 29.4 Å². The van der Waals surface area contributed by atoms with Crippen molar-refractivity contribution in [3.05, 3.63) is 65.8 Å². The molecule has 1 aliphatic heterocycles. The molecule has 0 radical (unpaired) electrons. The summed E-state index contributed by atoms with van der Waals surface area (Å²) >= 11 is 0. The van der Waals surface area contributed by atoms with Gasteiger partial charge in [0.05, 0.1) is 11.6 Å². The number of carbonyl (C=O) groups is 1. The summed E-state index contributed by atoms with van der Waals surface area (Å²) in [7, 11) is 0. The van der Waals surface area contributed by atoms with Crippen LogP contribution in [-0.4, -0.2) is 52.2 Å². The van der Waals surface area contributed by atoms with Crippen LogP contribution in [0.4, 0.5) is 28.0 Å². The number of anilines is 1. The molecule has 1 atom stereocenters. The number of urea groups is 1. The zero-order valence-electron chi connectivity index (χ0n) is 17.6. The van der Waals surface area contributed by atoms with Gasteiger partial charge in [0.25, 0.3) is 0 Å². The Balaban J connectivity index is 1.36. The number of benzene rings is 2. The molecule has 1 aromatic heterocycles. The molecule has 0 bridgehead atoms. The Labute approximate surface area is 187 Å². The van der Waals surface area contributed by atoms with Gasteiger partial charge >= 0.3 is 12.2 Å². The number of rotatable bonds is 4. The van der Waals surface area contributed by atoms with Crippen LogP contribution in [0.5, 0.6) is 0 Å². The van der Waals surface area contributed by atoms with Gasteiger partial charge in [-0.05, 0) is 37.3 Å². The van der Waals surface area contributed by atoms with E-state index in [1.807, 2.05) is 11.8 Å². The molecule has 1 N–H and O–H groups in total. The minimum atomic E-state index is -4.46. The Hall–Kier alpha value is -3.47. The molecule has 33 heavy (non-hydrogen) atoms. The number of hydrogen-bond donors (Lipinski definition) is 1. The number of piperazine rings is 1. The fraction of sp³-hybridized carbons (Fsp3) is 0.318. The number of aromatic nitrogens is 2. The quantitative estimate of drug-likeness (QED) is 0.563. The summed E-state index contributed by atoms with van der Waals surface area (Å²) in [5, 5.41) is 6.51. The number of hydrogen-bond acceptors (Lipinski definition) is 5. The van der Waals surface area contributed by atoms with Crippen LogP contribution in [0.15, 0.2) is 53.1 Å². The molecule has 11 heteroatoms. The van der Waals surface area contributed by atoms with Gasteiger partial charge in [-0.2, -0.15) is 18.2 Å². The fourth-order valence-electron chi connectivity index (χ4n) is 3.59. The Morgan fingerprint density at radius 1 is 1.09 bits per heavy atom. The lowest BCUT2D eigenvalue weighted by Gasteiger charge is -2.36. The topological polar surface area (TPSA) is 74.5 Å². The third-order valence-electron chi connectivity index (χ3n) is 5.47. The molecule has 1 saturated heterocycles. The van der Waals surface area contributed by atoms with Crippen molar-refractivity contribution in [3.63, 3.8) is 0 Å². The Morgan fingerprint density at radius 2 is 1.82 bits per heavy atom. The summed E-state index contributed by atoms with van der Waals surface area (Å²) in [6.45, 7) is 3.77. The van der Waals surface area contributed by atoms with Crippen molar-refractivity contribution in [1.82, 2.24) is 19.9 Å². The van der Waals surface area contributed by atoms with Gasteiger partial charge in [-0.25, -0.2) is 9.18 Å². The van der Waals surface area contributed by atoms with E-state index in [9.17, 15) is 22.4 Å². The Morgan fingerprint density at radius 3 is 2.52 bits per heavy atom. The largest absolute Gasteiger partial charge is 0.416 e. The zero-order chi connectivity index (χ0) is 23.6. The first-order valence-corrected chi connectivity index (χ1v) is 10.3. The maximum absolute atomic E-state index is 13.3. The zero-order valence-corrected chi connectivity index (χ0v) is 17.6. The van der Waals surface area contributed by atoms with Crippen molar-refractivity contribution in [1.29, 1.82) is 0 Å². The first kappa shape index (κ1) is 22.7. The average molecular weight is 463 g/mol. The number of alkyl halides is 3. The van der Waals surface area contributed by atoms with E-state index < -0.39 is 17.6 Å². The van der Waals surface area contributed by atoms with Gasteiger partial charge in [0.2, 0.25) is 11.7 Å². The van der Waals surface area contributed by atoms with Crippen LogP contribution in [-0.2, 0) is 6.18 Å². The SMILES string of the molecule is CC(c1nc(-c2cccc(C(F)(F)F)c2)no1)N1CCN(C(=O)Nc2cccc(F)c2)CC1. The van der Waals surface area contributed by atoms with Crippen LogP contribution < -0.4 is 5.32 Å². The van der Waals surface area contributed by atoms with Crippen molar-refractivity contribution in [2.45, 2.75) is 19.1 Å². The number of nitrogens with zero attached hydrogens (tertiary/aromatic N) is 4. The average Bonchev–Trinajstić information content (AvgIpc) is 3.29. The lowest BCUT2D eigenvalue weighted by atomic mass is 10.1. The Kier molecular flexibility index (Phi) is 6.32. The van der Waals surface area contributed by atoms with Gasteiger partial charge in [-0.1, -0.05) is 23.4 Å². The molecule has 2 aromatic carbocycles. The predicted molar refractivity (Wildman–Crippen MR) is 112 cm³/mol. The summed E-state index contributed by atoms with van der Waals surface area (Å²) in [4.78, 5) is 20.4. The molecule has 1 fully saturated rings. The number of halogens is 4. The highest BCUT2D eigenvalue weighted by molar-refractivity contribution is 5.89. The lowest BCUT2D eigenvalue weighted by molar-refractivity contribution is -0.137. The van der Waals surface area contributed by atoms with Crippen LogP contribution in [0.2, 0.25) is 0 Å². The van der Waals surface area contributed by atoms with E-state index >= 15 is 0 Å². The second-order valence-electron chi connectivity index (χ2n) is 7.67. The monoisotopic (exact) mass is 463 g/mol. The van der Waals surface area contributed by atoms with Crippen molar-refractivity contribution >= 4 is 11.7 Å². The smallest absolute Gasteiger partial charge is 0.337 e. The molecule has 0 spiro atoms. The highest BCUT2D eigenvalue weighted by Crippen LogP contribution is 2.32. The maximum Gasteiger partial charge on any atom is 0.416 e. The standard InChI is InChI=1S/C22H21F4N5O2/c1-14(20-28-19(29-33-20)15-4-2-5-16(12-15)22(24,25)26)30-8-10-31(11-9-30)21(32)27-18-7-3-6-17(23)13-18/h2-7,12-14H,8-11H2,1H3,(H,27,32). The van der Waals surface area contributed by atoms with E-state index in [0.717, 1.165) is 12.1 Å². The minimum Gasteiger partial charge on any atom is -0.337 e. The molecule has 1 unspecified atom stereocenters. The second kappa shape index (κ2) is 9.18. The molecule has 1 aliphatic rings. The molecular weight excluding hydrogens is 442 g/mol. The second-order valence-corrected chi connectivity index (χ2v) is 7.67. The Bertz CT molecular complexity index is 1130. The molecular formula is C22H21F4N5O2. The third-order valence-corrected chi connectivity index (χ3v) is 5.47. The van der Waals surface area contributed by atoms with Crippen molar-refractivity contribution in [2.75, 3.05) is 31.5 Å². The van der Waals surface area contributed by atoms with Gasteiger partial charge in [-0.3, -0.25) is 4.90 Å². The van der Waals surface area contributed by atoms with Crippen molar-refractivity contribution in [3.8, 4) is 11.4 Å². The van der Waals surface area contributed by atoms with Crippen LogP contribution in [0.25, 0.3) is 11.4 Å². The van der Waals surface area contributed by atoms with Gasteiger partial charge in [0.15, 0.2) is 0 Å². The molecule has 7 nitrogen and oxygen atoms in total. The molecule has 2 amide bonds. The van der Waals surface area contributed by atoms with E-state index in [2.05, 4.69) is 15.5 Å². The minimum absolute atomic E-state index is 0.0797. The van der Waals surface area contributed by atoms with Crippen LogP contribution >= 0.6 is 0 Å². The highest BCUT2D eigenvalue weighted by atomic mass is 19.4. The summed E-state index contributed by atoms with van der Waals surface area (Å²) < 4.78 is 57.5. The van der Waals surface area contributed by atoms with Crippen LogP contribution in [0.3, 0.4) is 0 Å². The first-order valence-electron chi connectivity index (χ1n) is 10.3. The molecule has 174 valence electrons. The van der Waals surface area contributed by atoms with E-state index in [1.165, 1.54) is 30.3 Å². The maximum atomic E-state index is 13.3. The third kappa shape index (κ3) is 5.30. The van der Waals surface area contributed by atoms with Crippen LogP contribution in [0.1, 0.15) is 24.4 Å². The van der Waals surface area contributed by atoms with E-state index in [0.29, 0.717) is 31.9 Å². The van der Waals surface area contributed by atoms with E-state index in [4.69, 9.17) is 4.52 Å². The van der Waals surface area contributed by atoms with Gasteiger partial charge in [0, 0.05) is 37.4 Å². The molecule has 0 aliphatic carbocycles. The van der Waals surface area contributed by atoms with Crippen molar-refractivity contribution < 1.29 is 26.9 Å². The summed E-state index contributed by atoms with van der Waals surface area (Å²) in [5.74, 6) is -0.0772. The van der Waals surface area contributed by atoms with Gasteiger partial charge in [0.1, 0.15) is 5.82 Å². The predicted octanol–water partition coefficient (Wildman–Crippen LogP) is 4.81. The fourth-order valence-corrected chi connectivity index (χ4v) is 3.59. The first-order chi connectivity index (χ1) is 15.7. The summed E-state index contributed by atoms with van der Waals surface area (Å²) in [5.41, 5.74) is -0.193. The number of carbonyl (C=O) groups excluding carboxylic acids is 1. The van der Waals surface area contributed by atoms with Gasteiger partial charge in [-0.15, -0.1) is 0 Å². The molecule has 0 saturated carbocycles. The molecule has 3 aromatic rings. The normalized spacial score (nSPS) is 16.0. The summed E-state index contributed by atoms with van der Waals surface area (Å²) in [6.07, 6.45) is -4.46. The summed E-state index contributed by atoms with van der Waals surface area (Å²) in [6, 6.07) is 9.81. The number of amides is 2. The van der Waals surface area contributed by atoms with Crippen LogP contribution in [0, 0.1) is 5.82 Å². The van der Waals surface area contributed by atoms with Gasteiger partial charge < -0.3 is 14.7 Å². The number of nitrogens with one attached hydrogen (secondary N) is 1.